The molecule has 0 aromatic carbocycles. The van der Waals surface area contributed by atoms with Crippen molar-refractivity contribution in [3.8, 4) is 0 Å². The number of aromatic amines is 1. The van der Waals surface area contributed by atoms with Crippen molar-refractivity contribution < 1.29 is 36.2 Å². The topological polar surface area (TPSA) is 59.5 Å². The summed E-state index contributed by atoms with van der Waals surface area (Å²) in [4.78, 5) is 13.7. The van der Waals surface area contributed by atoms with Crippen molar-refractivity contribution in [3.63, 3.8) is 0 Å². The van der Waals surface area contributed by atoms with Gasteiger partial charge in [-0.05, 0) is 0 Å². The molecule has 0 saturated carbocycles. The van der Waals surface area contributed by atoms with Crippen molar-refractivity contribution in [2.45, 2.75) is 17.7 Å². The molecule has 0 aliphatic carbocycles. The molecule has 0 radical (unpaired) electrons. The molecule has 1 N–H and O–H groups in total. The molecule has 5 rings (SSSR count). The summed E-state index contributed by atoms with van der Waals surface area (Å²) in [5, 5.41) is 3.03. The summed E-state index contributed by atoms with van der Waals surface area (Å²) >= 11 is 6.37. The molecule has 8 heteroatoms. The van der Waals surface area contributed by atoms with Crippen molar-refractivity contribution in [2.75, 3.05) is 6.79 Å². The summed E-state index contributed by atoms with van der Waals surface area (Å²) in [5.41, 5.74) is 2.06. The molecule has 2 aromatic rings. The number of H-pyrrole nitrogens is 1. The van der Waals surface area contributed by atoms with E-state index in [2.05, 4.69) is 27.1 Å². The monoisotopic (exact) mass is 595 g/mol. The number of nitrogens with zero attached hydrogens (tertiary/aromatic N) is 2. The molecule has 3 aliphatic rings. The molecule has 124 valence electrons. The van der Waals surface area contributed by atoms with Crippen LogP contribution in [-0.2, 0) is 9.47 Å². The van der Waals surface area contributed by atoms with Gasteiger partial charge >= 0.3 is 167 Å². The third kappa shape index (κ3) is 3.03. The van der Waals surface area contributed by atoms with E-state index in [4.69, 9.17) is 21.1 Å². The minimum absolute atomic E-state index is 0.366. The molecule has 0 atom stereocenters. The molecule has 0 unspecified atom stereocenters. The second kappa shape index (κ2) is 6.64. The Morgan fingerprint density at radius 1 is 1.28 bits per heavy atom. The predicted molar refractivity (Wildman–Crippen MR) is 96.8 cm³/mol. The summed E-state index contributed by atoms with van der Waals surface area (Å²) in [6.45, 7) is 0.366. The second-order valence-corrected chi connectivity index (χ2v) is 12.5. The van der Waals surface area contributed by atoms with Crippen LogP contribution in [0.1, 0.15) is 18.5 Å². The average Bonchev–Trinajstić information content (AvgIpc) is 3.30. The Balaban J connectivity index is 1.63. The van der Waals surface area contributed by atoms with Crippen molar-refractivity contribution in [3.05, 3.63) is 47.1 Å². The second-order valence-electron chi connectivity index (χ2n) is 5.71. The maximum atomic E-state index is 6.04. The first-order chi connectivity index (χ1) is 12.3. The fourth-order valence-corrected chi connectivity index (χ4v) is 9.33. The van der Waals surface area contributed by atoms with Gasteiger partial charge in [-0.3, -0.25) is 0 Å². The molecule has 1 fully saturated rings. The number of pyridine rings is 1. The van der Waals surface area contributed by atoms with E-state index in [1.807, 2.05) is 12.3 Å². The van der Waals surface area contributed by atoms with Crippen molar-refractivity contribution in [1.29, 1.82) is 0 Å². The fraction of sp³-hybridized carbons (Fsp3) is 0.176. The summed E-state index contributed by atoms with van der Waals surface area (Å²) < 4.78 is 13.6. The van der Waals surface area contributed by atoms with Gasteiger partial charge < -0.3 is 0 Å². The zero-order valence-electron chi connectivity index (χ0n) is 13.0. The Labute approximate surface area is 166 Å². The predicted octanol–water partition coefficient (Wildman–Crippen LogP) is 3.56. The standard InChI is InChI=1S/C17H12ClN3O2S.U/c18-11-3-6-15(20-8-11)24-16-13-2-1-7-19-17(13)21-14(16)5-4-12-9-22-10-23-12;/h1-2,4,7-8H,3,6,10H2,(H,19,21);. The molecule has 0 amide bonds. The summed E-state index contributed by atoms with van der Waals surface area (Å²) in [7, 11) is 0. The van der Waals surface area contributed by atoms with Crippen LogP contribution in [0.4, 0.5) is 0 Å². The number of aromatic nitrogens is 2. The van der Waals surface area contributed by atoms with Crippen molar-refractivity contribution in [1.82, 2.24) is 9.97 Å². The molecule has 25 heavy (non-hydrogen) atoms. The van der Waals surface area contributed by atoms with Gasteiger partial charge in [-0.1, -0.05) is 0 Å². The average molecular weight is 596 g/mol. The Bertz CT molecular complexity index is 1060. The fourth-order valence-electron chi connectivity index (χ4n) is 2.90. The van der Waals surface area contributed by atoms with E-state index in [-0.39, 0.29) is 0 Å². The van der Waals surface area contributed by atoms with Gasteiger partial charge in [0.05, 0.1) is 0 Å². The minimum atomic E-state index is -1.39. The van der Waals surface area contributed by atoms with Gasteiger partial charge in [-0.25, -0.2) is 0 Å². The first-order valence-corrected chi connectivity index (χ1v) is 13.2. The van der Waals surface area contributed by atoms with E-state index in [0.717, 1.165) is 48.1 Å². The van der Waals surface area contributed by atoms with Crippen molar-refractivity contribution in [2.24, 2.45) is 4.99 Å². The van der Waals surface area contributed by atoms with E-state index in [9.17, 15) is 0 Å². The Kier molecular flexibility index (Phi) is 4.31. The number of fused-ring (bicyclic) bond motifs is 2. The van der Waals surface area contributed by atoms with Crippen LogP contribution in [0.2, 0.25) is 0 Å². The number of aliphatic imine (C=N–C) groups is 1. The SMILES string of the molecule is ClC1=CN=C(Sc2c([C]3=[U]=[C]4OCOC4=C3)[nH]c3ncccc23)CC1. The van der Waals surface area contributed by atoms with Crippen LogP contribution in [0.3, 0.4) is 0 Å². The number of nitrogens with one attached hydrogen (secondary N) is 1. The number of hydrogen-bond acceptors (Lipinski definition) is 5. The quantitative estimate of drug-likeness (QED) is 0.577. The molecular weight excluding hydrogens is 584 g/mol. The van der Waals surface area contributed by atoms with E-state index in [1.54, 1.807) is 18.0 Å². The van der Waals surface area contributed by atoms with E-state index < -0.39 is 26.7 Å². The number of halogens is 1. The first-order valence-electron chi connectivity index (χ1n) is 7.82. The molecular formula is C17H12ClN3O2SU. The normalized spacial score (nSPS) is 19.0. The first kappa shape index (κ1) is 16.2. The zero-order chi connectivity index (χ0) is 16.8. The van der Waals surface area contributed by atoms with Crippen LogP contribution in [0, 0.1) is 26.7 Å². The molecule has 2 aromatic heterocycles. The van der Waals surface area contributed by atoms with Gasteiger partial charge in [0, 0.05) is 0 Å². The number of hydrogen-bond donors (Lipinski definition) is 1. The van der Waals surface area contributed by atoms with E-state index in [0.29, 0.717) is 6.79 Å². The maximum absolute atomic E-state index is 6.04. The van der Waals surface area contributed by atoms with Crippen LogP contribution >= 0.6 is 23.4 Å². The Morgan fingerprint density at radius 2 is 2.24 bits per heavy atom. The van der Waals surface area contributed by atoms with Crippen LogP contribution in [-0.4, -0.2) is 27.0 Å². The Morgan fingerprint density at radius 3 is 3.08 bits per heavy atom. The Hall–Kier alpha value is -0.968. The summed E-state index contributed by atoms with van der Waals surface area (Å²) in [5.74, 6) is 0.928. The van der Waals surface area contributed by atoms with Gasteiger partial charge in [-0.2, -0.15) is 0 Å². The summed E-state index contributed by atoms with van der Waals surface area (Å²) in [6, 6.07) is 4.08. The van der Waals surface area contributed by atoms with Crippen LogP contribution in [0.15, 0.2) is 51.3 Å². The number of thioether (sulfide) groups is 1. The molecule has 1 saturated heterocycles. The molecule has 3 aliphatic heterocycles. The molecule has 0 spiro atoms. The molecule has 0 bridgehead atoms. The van der Waals surface area contributed by atoms with Gasteiger partial charge in [0.25, 0.3) is 0 Å². The van der Waals surface area contributed by atoms with Crippen LogP contribution in [0.25, 0.3) is 11.0 Å². The third-order valence-electron chi connectivity index (χ3n) is 4.10. The van der Waals surface area contributed by atoms with Crippen LogP contribution < -0.4 is 0 Å². The van der Waals surface area contributed by atoms with Gasteiger partial charge in [-0.15, -0.1) is 0 Å². The van der Waals surface area contributed by atoms with E-state index in [1.165, 1.54) is 7.42 Å². The number of ether oxygens (including phenoxy) is 2. The summed E-state index contributed by atoms with van der Waals surface area (Å²) in [6.07, 6.45) is 7.44. The van der Waals surface area contributed by atoms with Crippen LogP contribution in [0.5, 0.6) is 0 Å². The molecule has 5 nitrogen and oxygen atoms in total. The third-order valence-corrected chi connectivity index (χ3v) is 10.9. The van der Waals surface area contributed by atoms with Gasteiger partial charge in [0.2, 0.25) is 0 Å². The number of rotatable bonds is 2. The molecule has 5 heterocycles. The zero-order valence-corrected chi connectivity index (χ0v) is 18.7. The van der Waals surface area contributed by atoms with Crippen molar-refractivity contribution >= 4 is 44.7 Å². The number of allylic oxidation sites excluding steroid dienone is 2. The van der Waals surface area contributed by atoms with Gasteiger partial charge in [0.1, 0.15) is 0 Å². The van der Waals surface area contributed by atoms with Gasteiger partial charge in [0.15, 0.2) is 0 Å². The van der Waals surface area contributed by atoms with E-state index >= 15 is 0 Å².